The van der Waals surface area contributed by atoms with Gasteiger partial charge in [-0.05, 0) is 19.8 Å². The van der Waals surface area contributed by atoms with E-state index in [0.29, 0.717) is 11.7 Å². The second-order valence-electron chi connectivity index (χ2n) is 3.57. The molecule has 1 amide bonds. The van der Waals surface area contributed by atoms with E-state index < -0.39 is 6.09 Å². The third-order valence-electron chi connectivity index (χ3n) is 2.57. The lowest BCUT2D eigenvalue weighted by molar-refractivity contribution is -0.0721. The van der Waals surface area contributed by atoms with Crippen LogP contribution in [0.2, 0.25) is 0 Å². The van der Waals surface area contributed by atoms with Gasteiger partial charge < -0.3 is 4.74 Å². The van der Waals surface area contributed by atoms with Crippen LogP contribution in [0.5, 0.6) is 0 Å². The minimum atomic E-state index is -1.02. The fourth-order valence-corrected chi connectivity index (χ4v) is 3.02. The molecule has 0 bridgehead atoms. The number of hydrogen-bond acceptors (Lipinski definition) is 5. The van der Waals surface area contributed by atoms with E-state index in [9.17, 15) is 9.32 Å². The molecular formula is C9H13FN2O3S. The number of ether oxygens (including phenoxy) is 1. The lowest BCUT2D eigenvalue weighted by atomic mass is 10.1. The Morgan fingerprint density at radius 2 is 2.62 bits per heavy atom. The number of amidine groups is 1. The monoisotopic (exact) mass is 248 g/mol. The number of fused-ring (bicyclic) bond motifs is 1. The summed E-state index contributed by atoms with van der Waals surface area (Å²) in [6.45, 7) is 2.79. The van der Waals surface area contributed by atoms with Gasteiger partial charge in [-0.1, -0.05) is 11.8 Å². The summed E-state index contributed by atoms with van der Waals surface area (Å²) < 4.78 is 17.4. The molecule has 2 aliphatic heterocycles. The van der Waals surface area contributed by atoms with Gasteiger partial charge in [0.25, 0.3) is 0 Å². The Morgan fingerprint density at radius 1 is 1.81 bits per heavy atom. The first-order valence-corrected chi connectivity index (χ1v) is 6.10. The molecule has 2 unspecified atom stereocenters. The molecule has 0 radical (unpaired) electrons. The first-order valence-electron chi connectivity index (χ1n) is 5.22. The van der Waals surface area contributed by atoms with E-state index in [0.717, 1.165) is 19.4 Å². The average molecular weight is 248 g/mol. The van der Waals surface area contributed by atoms with Crippen molar-refractivity contribution in [2.75, 3.05) is 13.2 Å². The van der Waals surface area contributed by atoms with Gasteiger partial charge in [-0.25, -0.2) is 9.74 Å². The Kier molecular flexibility index (Phi) is 3.65. The number of amides is 1. The molecule has 7 heteroatoms. The van der Waals surface area contributed by atoms with Crippen molar-refractivity contribution in [1.29, 1.82) is 0 Å². The van der Waals surface area contributed by atoms with E-state index in [-0.39, 0.29) is 11.5 Å². The van der Waals surface area contributed by atoms with E-state index in [1.54, 1.807) is 6.92 Å². The third-order valence-corrected chi connectivity index (χ3v) is 3.79. The number of rotatable bonds is 1. The summed E-state index contributed by atoms with van der Waals surface area (Å²) in [5.41, 5.74) is -0.0368. The first kappa shape index (κ1) is 11.7. The van der Waals surface area contributed by atoms with E-state index in [1.165, 1.54) is 16.7 Å². The van der Waals surface area contributed by atoms with E-state index in [4.69, 9.17) is 4.74 Å². The second kappa shape index (κ2) is 5.01. The third kappa shape index (κ3) is 2.15. The molecule has 2 rings (SSSR count). The van der Waals surface area contributed by atoms with Crippen LogP contribution in [0.15, 0.2) is 4.99 Å². The van der Waals surface area contributed by atoms with Gasteiger partial charge in [0.2, 0.25) is 0 Å². The molecule has 0 aromatic heterocycles. The van der Waals surface area contributed by atoms with Crippen molar-refractivity contribution < 1.29 is 19.0 Å². The van der Waals surface area contributed by atoms with Crippen molar-refractivity contribution in [3.63, 3.8) is 0 Å². The molecule has 2 heterocycles. The van der Waals surface area contributed by atoms with Crippen molar-refractivity contribution in [2.24, 2.45) is 4.99 Å². The van der Waals surface area contributed by atoms with Gasteiger partial charge in [-0.15, -0.1) is 0 Å². The molecule has 0 saturated carbocycles. The maximum Gasteiger partial charge on any atom is 0.453 e. The van der Waals surface area contributed by atoms with Crippen LogP contribution in [0.1, 0.15) is 19.8 Å². The van der Waals surface area contributed by atoms with Crippen LogP contribution in [-0.4, -0.2) is 40.8 Å². The highest BCUT2D eigenvalue weighted by molar-refractivity contribution is 8.14. The van der Waals surface area contributed by atoms with Gasteiger partial charge in [-0.3, -0.25) is 9.89 Å². The van der Waals surface area contributed by atoms with Gasteiger partial charge in [-0.2, -0.15) is 0 Å². The van der Waals surface area contributed by atoms with Gasteiger partial charge in [0.15, 0.2) is 5.17 Å². The molecule has 2 aliphatic rings. The van der Waals surface area contributed by atoms with Crippen molar-refractivity contribution in [3.05, 3.63) is 0 Å². The molecule has 0 aromatic carbocycles. The van der Waals surface area contributed by atoms with Crippen LogP contribution in [0, 0.1) is 0 Å². The molecule has 1 saturated heterocycles. The summed E-state index contributed by atoms with van der Waals surface area (Å²) in [4.78, 5) is 19.9. The van der Waals surface area contributed by atoms with Crippen LogP contribution in [0.4, 0.5) is 9.32 Å². The Labute approximate surface area is 96.9 Å². The minimum Gasteiger partial charge on any atom is -0.365 e. The Hall–Kier alpha value is -0.820. The van der Waals surface area contributed by atoms with Crippen molar-refractivity contribution >= 4 is 23.0 Å². The SMILES string of the molecule is CCN(C(=O)OF)C1=NC2CCCOC2S1. The number of thioether (sulfide) groups is 1. The molecule has 0 aromatic rings. The van der Waals surface area contributed by atoms with Gasteiger partial charge in [0, 0.05) is 17.7 Å². The number of carbonyl (C=O) groups is 1. The smallest absolute Gasteiger partial charge is 0.365 e. The highest BCUT2D eigenvalue weighted by Crippen LogP contribution is 2.34. The standard InChI is InChI=1S/C9H13FN2O3S/c1-2-12(9(13)15-10)8-11-6-4-3-5-14-7(6)16-8/h6-7H,2-5H2,1H3. The van der Waals surface area contributed by atoms with Crippen LogP contribution in [0.3, 0.4) is 0 Å². The maximum absolute atomic E-state index is 11.9. The van der Waals surface area contributed by atoms with Gasteiger partial charge in [0.05, 0.1) is 6.04 Å². The molecule has 0 spiro atoms. The van der Waals surface area contributed by atoms with E-state index in [1.807, 2.05) is 0 Å². The van der Waals surface area contributed by atoms with Gasteiger partial charge >= 0.3 is 6.09 Å². The summed E-state index contributed by atoms with van der Waals surface area (Å²) in [6, 6.07) is 0.0789. The zero-order valence-electron chi connectivity index (χ0n) is 8.89. The maximum atomic E-state index is 11.9. The molecular weight excluding hydrogens is 235 g/mol. The molecule has 0 N–H and O–H groups in total. The summed E-state index contributed by atoms with van der Waals surface area (Å²) >= 11 is 1.36. The average Bonchev–Trinajstić information content (AvgIpc) is 2.72. The summed E-state index contributed by atoms with van der Waals surface area (Å²) in [5.74, 6) is 0. The van der Waals surface area contributed by atoms with Gasteiger partial charge in [0.1, 0.15) is 5.44 Å². The number of aliphatic imine (C=N–C) groups is 1. The van der Waals surface area contributed by atoms with Crippen LogP contribution in [0.25, 0.3) is 0 Å². The molecule has 1 fully saturated rings. The van der Waals surface area contributed by atoms with Crippen LogP contribution < -0.4 is 0 Å². The second-order valence-corrected chi connectivity index (χ2v) is 4.63. The lowest BCUT2D eigenvalue weighted by Gasteiger charge is -2.22. The fourth-order valence-electron chi connectivity index (χ4n) is 1.77. The lowest BCUT2D eigenvalue weighted by Crippen LogP contribution is -2.33. The number of hydrogen-bond donors (Lipinski definition) is 0. The molecule has 2 atom stereocenters. The predicted octanol–water partition coefficient (Wildman–Crippen LogP) is 1.94. The Balaban J connectivity index is 2.06. The van der Waals surface area contributed by atoms with Crippen molar-refractivity contribution in [3.8, 4) is 0 Å². The van der Waals surface area contributed by atoms with E-state index in [2.05, 4.69) is 9.93 Å². The predicted molar refractivity (Wildman–Crippen MR) is 57.8 cm³/mol. The first-order chi connectivity index (χ1) is 7.76. The van der Waals surface area contributed by atoms with E-state index >= 15 is 0 Å². The Bertz CT molecular complexity index is 313. The fraction of sp³-hybridized carbons (Fsp3) is 0.778. The summed E-state index contributed by atoms with van der Waals surface area (Å²) in [5, 5.41) is 0.488. The quantitative estimate of drug-likeness (QED) is 0.711. The molecule has 5 nitrogen and oxygen atoms in total. The largest absolute Gasteiger partial charge is 0.453 e. The number of carbonyl (C=O) groups excluding carboxylic acids is 1. The highest BCUT2D eigenvalue weighted by Gasteiger charge is 2.37. The minimum absolute atomic E-state index is 0.0368. The zero-order valence-corrected chi connectivity index (χ0v) is 9.71. The molecule has 16 heavy (non-hydrogen) atoms. The summed E-state index contributed by atoms with van der Waals surface area (Å²) in [6.07, 6.45) is 0.897. The van der Waals surface area contributed by atoms with Crippen molar-refractivity contribution in [1.82, 2.24) is 4.90 Å². The normalized spacial score (nSPS) is 28.2. The topological polar surface area (TPSA) is 51.1 Å². The Morgan fingerprint density at radius 3 is 3.25 bits per heavy atom. The van der Waals surface area contributed by atoms with Crippen LogP contribution in [-0.2, 0) is 9.68 Å². The molecule has 90 valence electrons. The zero-order chi connectivity index (χ0) is 11.5. The highest BCUT2D eigenvalue weighted by atomic mass is 32.2. The number of halogens is 1. The summed E-state index contributed by atoms with van der Waals surface area (Å²) in [7, 11) is 0. The molecule has 0 aliphatic carbocycles. The van der Waals surface area contributed by atoms with Crippen LogP contribution >= 0.6 is 11.8 Å². The van der Waals surface area contributed by atoms with Crippen molar-refractivity contribution in [2.45, 2.75) is 31.2 Å². The number of nitrogens with zero attached hydrogens (tertiary/aromatic N) is 2.